The van der Waals surface area contributed by atoms with Crippen LogP contribution in [-0.2, 0) is 0 Å². The van der Waals surface area contributed by atoms with E-state index >= 15 is 0 Å². The van der Waals surface area contributed by atoms with Crippen molar-refractivity contribution < 1.29 is 4.92 Å². The van der Waals surface area contributed by atoms with Crippen LogP contribution in [0, 0.1) is 10.1 Å². The van der Waals surface area contributed by atoms with E-state index in [9.17, 15) is 14.9 Å². The van der Waals surface area contributed by atoms with Crippen LogP contribution in [0.25, 0.3) is 11.5 Å². The van der Waals surface area contributed by atoms with Crippen LogP contribution in [0.3, 0.4) is 0 Å². The number of hydrogen-bond acceptors (Lipinski definition) is 7. The molecule has 0 radical (unpaired) electrons. The lowest BCUT2D eigenvalue weighted by Crippen LogP contribution is -2.20. The van der Waals surface area contributed by atoms with E-state index < -0.39 is 16.2 Å². The number of nitro groups is 1. The minimum atomic E-state index is -0.798. The zero-order valence-electron chi connectivity index (χ0n) is 13.8. The van der Waals surface area contributed by atoms with Crippen LogP contribution in [0.5, 0.6) is 0 Å². The van der Waals surface area contributed by atoms with Gasteiger partial charge in [-0.25, -0.2) is 14.6 Å². The van der Waals surface area contributed by atoms with E-state index in [1.54, 1.807) is 18.2 Å². The van der Waals surface area contributed by atoms with E-state index in [-0.39, 0.29) is 16.5 Å². The summed E-state index contributed by atoms with van der Waals surface area (Å²) in [5.74, 6) is 0.121. The van der Waals surface area contributed by atoms with Gasteiger partial charge in [0.15, 0.2) is 5.82 Å². The maximum absolute atomic E-state index is 12.5. The predicted octanol–water partition coefficient (Wildman–Crippen LogP) is 3.23. The topological polar surface area (TPSA) is 120 Å². The van der Waals surface area contributed by atoms with Gasteiger partial charge in [-0.05, 0) is 18.2 Å². The molecular formula is C16H9Cl2N7O3. The zero-order valence-corrected chi connectivity index (χ0v) is 15.3. The Morgan fingerprint density at radius 1 is 1.21 bits per heavy atom. The van der Waals surface area contributed by atoms with Gasteiger partial charge in [0.25, 0.3) is 0 Å². The van der Waals surface area contributed by atoms with Crippen molar-refractivity contribution in [2.45, 2.75) is 0 Å². The molecule has 4 rings (SSSR count). The molecule has 0 spiro atoms. The van der Waals surface area contributed by atoms with Gasteiger partial charge < -0.3 is 5.32 Å². The lowest BCUT2D eigenvalue weighted by Gasteiger charge is -2.06. The maximum atomic E-state index is 12.5. The third-order valence-electron chi connectivity index (χ3n) is 3.74. The number of halogens is 2. The zero-order chi connectivity index (χ0) is 19.8. The summed E-state index contributed by atoms with van der Waals surface area (Å²) < 4.78 is 2.46. The Kier molecular flexibility index (Phi) is 4.41. The average Bonchev–Trinajstić information content (AvgIpc) is 3.09. The first-order valence-electron chi connectivity index (χ1n) is 7.73. The number of rotatable bonds is 4. The Hall–Kier alpha value is -3.50. The lowest BCUT2D eigenvalue weighted by atomic mass is 10.4. The Labute approximate surface area is 166 Å². The second-order valence-electron chi connectivity index (χ2n) is 5.56. The summed E-state index contributed by atoms with van der Waals surface area (Å²) in [6, 6.07) is 6.33. The quantitative estimate of drug-likeness (QED) is 0.399. The van der Waals surface area contributed by atoms with Crippen molar-refractivity contribution in [2.75, 3.05) is 5.32 Å². The largest absolute Gasteiger partial charge is 0.376 e. The van der Waals surface area contributed by atoms with Crippen LogP contribution >= 0.6 is 23.2 Å². The number of nitrogens with zero attached hydrogens (tertiary/aromatic N) is 6. The molecule has 0 saturated heterocycles. The van der Waals surface area contributed by atoms with Crippen LogP contribution < -0.4 is 10.9 Å². The average molecular weight is 418 g/mol. The molecule has 4 aromatic heterocycles. The van der Waals surface area contributed by atoms with Gasteiger partial charge in [-0.15, -0.1) is 0 Å². The number of pyridine rings is 2. The molecular weight excluding hydrogens is 409 g/mol. The van der Waals surface area contributed by atoms with Crippen molar-refractivity contribution in [2.24, 2.45) is 0 Å². The van der Waals surface area contributed by atoms with Gasteiger partial charge in [0.05, 0.1) is 33.0 Å². The van der Waals surface area contributed by atoms with Crippen LogP contribution in [0.4, 0.5) is 17.2 Å². The second kappa shape index (κ2) is 6.91. The summed E-state index contributed by atoms with van der Waals surface area (Å²) in [6.07, 6.45) is 5.72. The third kappa shape index (κ3) is 3.15. The van der Waals surface area contributed by atoms with E-state index in [2.05, 4.69) is 20.4 Å². The first-order chi connectivity index (χ1) is 13.4. The maximum Gasteiger partial charge on any atom is 0.376 e. The monoisotopic (exact) mass is 417 g/mol. The van der Waals surface area contributed by atoms with Crippen molar-refractivity contribution >= 4 is 46.0 Å². The highest BCUT2D eigenvalue weighted by molar-refractivity contribution is 6.35. The summed E-state index contributed by atoms with van der Waals surface area (Å²) >= 11 is 11.9. The molecule has 28 heavy (non-hydrogen) atoms. The van der Waals surface area contributed by atoms with Crippen molar-refractivity contribution in [3.63, 3.8) is 0 Å². The minimum Gasteiger partial charge on any atom is -0.332 e. The fourth-order valence-corrected chi connectivity index (χ4v) is 3.01. The number of fused-ring (bicyclic) bond motifs is 1. The van der Waals surface area contributed by atoms with Crippen molar-refractivity contribution in [3.05, 3.63) is 79.6 Å². The molecule has 4 heterocycles. The highest BCUT2D eigenvalue weighted by atomic mass is 35.5. The summed E-state index contributed by atoms with van der Waals surface area (Å²) in [7, 11) is 0. The smallest absolute Gasteiger partial charge is 0.332 e. The lowest BCUT2D eigenvalue weighted by molar-refractivity contribution is -0.385. The van der Waals surface area contributed by atoms with E-state index in [0.29, 0.717) is 16.5 Å². The highest BCUT2D eigenvalue weighted by Crippen LogP contribution is 2.25. The van der Waals surface area contributed by atoms with E-state index in [0.717, 1.165) is 4.40 Å². The molecule has 0 atom stereocenters. The molecule has 0 aliphatic heterocycles. The molecule has 12 heteroatoms. The molecule has 0 saturated carbocycles. The highest BCUT2D eigenvalue weighted by Gasteiger charge is 2.24. The molecule has 0 unspecified atom stereocenters. The summed E-state index contributed by atoms with van der Waals surface area (Å²) in [6.45, 7) is 0. The first kappa shape index (κ1) is 17.9. The molecule has 4 aromatic rings. The fourth-order valence-electron chi connectivity index (χ4n) is 2.55. The normalized spacial score (nSPS) is 10.9. The second-order valence-corrected chi connectivity index (χ2v) is 6.40. The molecule has 140 valence electrons. The SMILES string of the molecule is O=c1c([N+](=O)[O-])c(Nc2cnn(-c3ncc(Cl)cc3Cl)c2)nc2ccccn12. The van der Waals surface area contributed by atoms with Crippen LogP contribution in [0.15, 0.2) is 53.8 Å². The van der Waals surface area contributed by atoms with Crippen LogP contribution in [0.1, 0.15) is 0 Å². The number of aromatic nitrogens is 5. The van der Waals surface area contributed by atoms with Crippen molar-refractivity contribution in [3.8, 4) is 5.82 Å². The standard InChI is InChI=1S/C16H9Cl2N7O3/c17-9-5-11(18)15(19-6-9)24-8-10(7-20-24)21-14-13(25(27)28)16(26)23-4-2-1-3-12(23)22-14/h1-8,21H. The van der Waals surface area contributed by atoms with Gasteiger partial charge in [-0.2, -0.15) is 5.10 Å². The van der Waals surface area contributed by atoms with E-state index in [1.165, 1.54) is 35.5 Å². The summed E-state index contributed by atoms with van der Waals surface area (Å²) in [4.78, 5) is 31.4. The number of hydrogen-bond donors (Lipinski definition) is 1. The molecule has 0 bridgehead atoms. The van der Waals surface area contributed by atoms with Gasteiger partial charge in [0, 0.05) is 12.4 Å². The Morgan fingerprint density at radius 2 is 2.04 bits per heavy atom. The first-order valence-corrected chi connectivity index (χ1v) is 8.48. The van der Waals surface area contributed by atoms with Gasteiger partial charge >= 0.3 is 11.2 Å². The Bertz CT molecular complexity index is 1280. The van der Waals surface area contributed by atoms with Gasteiger partial charge in [-0.1, -0.05) is 29.3 Å². The van der Waals surface area contributed by atoms with Crippen molar-refractivity contribution in [1.82, 2.24) is 24.1 Å². The number of nitrogens with one attached hydrogen (secondary N) is 1. The molecule has 10 nitrogen and oxygen atoms in total. The van der Waals surface area contributed by atoms with Gasteiger partial charge in [0.2, 0.25) is 5.82 Å². The molecule has 0 fully saturated rings. The molecule has 0 aliphatic carbocycles. The van der Waals surface area contributed by atoms with Gasteiger partial charge in [0.1, 0.15) is 5.65 Å². The molecule has 0 amide bonds. The van der Waals surface area contributed by atoms with Gasteiger partial charge in [-0.3, -0.25) is 19.3 Å². The Balaban J connectivity index is 1.77. The predicted molar refractivity (Wildman–Crippen MR) is 103 cm³/mol. The summed E-state index contributed by atoms with van der Waals surface area (Å²) in [5, 5.41) is 19.0. The minimum absolute atomic E-state index is 0.198. The third-order valence-corrected chi connectivity index (χ3v) is 4.23. The van der Waals surface area contributed by atoms with E-state index in [4.69, 9.17) is 23.2 Å². The van der Waals surface area contributed by atoms with Crippen LogP contribution in [-0.4, -0.2) is 29.1 Å². The Morgan fingerprint density at radius 3 is 2.79 bits per heavy atom. The van der Waals surface area contributed by atoms with Crippen LogP contribution in [0.2, 0.25) is 10.0 Å². The molecule has 0 aromatic carbocycles. The van der Waals surface area contributed by atoms with E-state index in [1.807, 2.05) is 0 Å². The molecule has 0 aliphatic rings. The molecule has 1 N–H and O–H groups in total. The fraction of sp³-hybridized carbons (Fsp3) is 0. The number of anilines is 2. The van der Waals surface area contributed by atoms with Crippen molar-refractivity contribution in [1.29, 1.82) is 0 Å². The summed E-state index contributed by atoms with van der Waals surface area (Å²) in [5.41, 5.74) is -0.870.